The SMILES string of the molecule is COCCOCCCn1cncc1C(N)CO. The van der Waals surface area contributed by atoms with Gasteiger partial charge in [-0.25, -0.2) is 4.98 Å². The van der Waals surface area contributed by atoms with Crippen LogP contribution in [0.1, 0.15) is 18.2 Å². The van der Waals surface area contributed by atoms with E-state index in [1.54, 1.807) is 19.6 Å². The van der Waals surface area contributed by atoms with E-state index in [9.17, 15) is 0 Å². The average molecular weight is 243 g/mol. The Labute approximate surface area is 101 Å². The Bertz CT molecular complexity index is 304. The van der Waals surface area contributed by atoms with Crippen molar-refractivity contribution < 1.29 is 14.6 Å². The maximum absolute atomic E-state index is 9.00. The van der Waals surface area contributed by atoms with Gasteiger partial charge < -0.3 is 24.9 Å². The summed E-state index contributed by atoms with van der Waals surface area (Å²) in [7, 11) is 1.65. The van der Waals surface area contributed by atoms with Gasteiger partial charge >= 0.3 is 0 Å². The zero-order chi connectivity index (χ0) is 12.5. The maximum Gasteiger partial charge on any atom is 0.0948 e. The Hall–Kier alpha value is -0.950. The molecule has 6 nitrogen and oxygen atoms in total. The highest BCUT2D eigenvalue weighted by atomic mass is 16.5. The van der Waals surface area contributed by atoms with Crippen LogP contribution in [0.2, 0.25) is 0 Å². The Morgan fingerprint density at radius 2 is 2.29 bits per heavy atom. The fourth-order valence-corrected chi connectivity index (χ4v) is 1.50. The van der Waals surface area contributed by atoms with E-state index in [4.69, 9.17) is 20.3 Å². The van der Waals surface area contributed by atoms with Gasteiger partial charge in [0.25, 0.3) is 0 Å². The molecule has 1 aromatic rings. The Morgan fingerprint density at radius 3 is 3.00 bits per heavy atom. The van der Waals surface area contributed by atoms with Crippen LogP contribution in [0, 0.1) is 0 Å². The second-order valence-corrected chi connectivity index (χ2v) is 3.76. The molecule has 3 N–H and O–H groups in total. The Morgan fingerprint density at radius 1 is 1.47 bits per heavy atom. The molecule has 0 saturated heterocycles. The summed E-state index contributed by atoms with van der Waals surface area (Å²) >= 11 is 0. The first-order chi connectivity index (χ1) is 8.29. The van der Waals surface area contributed by atoms with E-state index in [1.165, 1.54) is 0 Å². The van der Waals surface area contributed by atoms with Gasteiger partial charge in [-0.2, -0.15) is 0 Å². The quantitative estimate of drug-likeness (QED) is 0.593. The summed E-state index contributed by atoms with van der Waals surface area (Å²) in [6.07, 6.45) is 4.29. The van der Waals surface area contributed by atoms with Crippen molar-refractivity contribution in [1.29, 1.82) is 0 Å². The zero-order valence-corrected chi connectivity index (χ0v) is 10.2. The zero-order valence-electron chi connectivity index (χ0n) is 10.2. The normalized spacial score (nSPS) is 12.9. The van der Waals surface area contributed by atoms with E-state index in [0.29, 0.717) is 19.8 Å². The number of nitrogens with zero attached hydrogens (tertiary/aromatic N) is 2. The molecule has 0 aliphatic carbocycles. The highest BCUT2D eigenvalue weighted by molar-refractivity contribution is 5.04. The van der Waals surface area contributed by atoms with Crippen LogP contribution in [-0.2, 0) is 16.0 Å². The molecule has 0 fully saturated rings. The van der Waals surface area contributed by atoms with Crippen molar-refractivity contribution in [2.75, 3.05) is 33.5 Å². The van der Waals surface area contributed by atoms with Crippen molar-refractivity contribution in [3.63, 3.8) is 0 Å². The smallest absolute Gasteiger partial charge is 0.0948 e. The van der Waals surface area contributed by atoms with Gasteiger partial charge in [-0.3, -0.25) is 0 Å². The van der Waals surface area contributed by atoms with E-state index in [1.807, 2.05) is 4.57 Å². The van der Waals surface area contributed by atoms with Crippen LogP contribution in [0.25, 0.3) is 0 Å². The maximum atomic E-state index is 9.00. The molecule has 0 amide bonds. The van der Waals surface area contributed by atoms with Gasteiger partial charge in [0.2, 0.25) is 0 Å². The molecule has 1 heterocycles. The monoisotopic (exact) mass is 243 g/mol. The first-order valence-corrected chi connectivity index (χ1v) is 5.72. The molecule has 1 aromatic heterocycles. The lowest BCUT2D eigenvalue weighted by atomic mass is 10.2. The first-order valence-electron chi connectivity index (χ1n) is 5.72. The van der Waals surface area contributed by atoms with Crippen molar-refractivity contribution in [3.8, 4) is 0 Å². The van der Waals surface area contributed by atoms with Gasteiger partial charge in [-0.1, -0.05) is 0 Å². The number of aliphatic hydroxyl groups is 1. The van der Waals surface area contributed by atoms with Gasteiger partial charge in [0.15, 0.2) is 0 Å². The number of hydrogen-bond donors (Lipinski definition) is 2. The van der Waals surface area contributed by atoms with Crippen LogP contribution in [0.15, 0.2) is 12.5 Å². The standard InChI is InChI=1S/C11H21N3O3/c1-16-5-6-17-4-2-3-14-9-13-7-11(14)10(12)8-15/h7,9-10,15H,2-6,8,12H2,1H3. The van der Waals surface area contributed by atoms with Gasteiger partial charge in [0.05, 0.1) is 37.9 Å². The summed E-state index contributed by atoms with van der Waals surface area (Å²) in [5.74, 6) is 0. The molecule has 0 aliphatic heterocycles. The van der Waals surface area contributed by atoms with Gasteiger partial charge in [0.1, 0.15) is 0 Å². The Balaban J connectivity index is 2.24. The van der Waals surface area contributed by atoms with Crippen LogP contribution in [0.5, 0.6) is 0 Å². The predicted molar refractivity (Wildman–Crippen MR) is 63.6 cm³/mol. The summed E-state index contributed by atoms with van der Waals surface area (Å²) in [6.45, 7) is 2.62. The molecule has 0 spiro atoms. The van der Waals surface area contributed by atoms with Crippen molar-refractivity contribution in [3.05, 3.63) is 18.2 Å². The minimum Gasteiger partial charge on any atom is -0.394 e. The lowest BCUT2D eigenvalue weighted by Gasteiger charge is -2.12. The number of rotatable bonds is 9. The van der Waals surface area contributed by atoms with Crippen LogP contribution in [0.3, 0.4) is 0 Å². The molecule has 0 aliphatic rings. The van der Waals surface area contributed by atoms with Crippen LogP contribution < -0.4 is 5.73 Å². The molecule has 6 heteroatoms. The third kappa shape index (κ3) is 4.82. The molecule has 1 unspecified atom stereocenters. The van der Waals surface area contributed by atoms with Crippen LogP contribution >= 0.6 is 0 Å². The van der Waals surface area contributed by atoms with E-state index in [0.717, 1.165) is 18.7 Å². The van der Waals surface area contributed by atoms with E-state index in [2.05, 4.69) is 4.98 Å². The second-order valence-electron chi connectivity index (χ2n) is 3.76. The summed E-state index contributed by atoms with van der Waals surface area (Å²) in [5.41, 5.74) is 6.60. The molecule has 98 valence electrons. The number of hydrogen-bond acceptors (Lipinski definition) is 5. The fraction of sp³-hybridized carbons (Fsp3) is 0.727. The predicted octanol–water partition coefficient (Wildman–Crippen LogP) is -0.0717. The topological polar surface area (TPSA) is 82.5 Å². The third-order valence-electron chi connectivity index (χ3n) is 2.44. The lowest BCUT2D eigenvalue weighted by Crippen LogP contribution is -2.19. The van der Waals surface area contributed by atoms with Crippen molar-refractivity contribution in [2.24, 2.45) is 5.73 Å². The van der Waals surface area contributed by atoms with Gasteiger partial charge in [-0.15, -0.1) is 0 Å². The molecule has 0 radical (unpaired) electrons. The number of imidazole rings is 1. The molecular formula is C11H21N3O3. The number of ether oxygens (including phenoxy) is 2. The van der Waals surface area contributed by atoms with E-state index in [-0.39, 0.29) is 12.6 Å². The summed E-state index contributed by atoms with van der Waals surface area (Å²) in [4.78, 5) is 4.03. The number of nitrogens with two attached hydrogens (primary N) is 1. The summed E-state index contributed by atoms with van der Waals surface area (Å²) in [5, 5.41) is 9.00. The molecule has 0 saturated carbocycles. The van der Waals surface area contributed by atoms with E-state index >= 15 is 0 Å². The van der Waals surface area contributed by atoms with E-state index < -0.39 is 0 Å². The van der Waals surface area contributed by atoms with Crippen LogP contribution in [0.4, 0.5) is 0 Å². The van der Waals surface area contributed by atoms with Crippen LogP contribution in [-0.4, -0.2) is 48.2 Å². The minimum atomic E-state index is -0.369. The average Bonchev–Trinajstić information content (AvgIpc) is 2.81. The fourth-order valence-electron chi connectivity index (χ4n) is 1.50. The molecular weight excluding hydrogens is 222 g/mol. The number of aromatic nitrogens is 2. The lowest BCUT2D eigenvalue weighted by molar-refractivity contribution is 0.0679. The summed E-state index contributed by atoms with van der Waals surface area (Å²) in [6, 6.07) is -0.369. The minimum absolute atomic E-state index is 0.0734. The van der Waals surface area contributed by atoms with Gasteiger partial charge in [-0.05, 0) is 6.42 Å². The largest absolute Gasteiger partial charge is 0.394 e. The van der Waals surface area contributed by atoms with Crippen molar-refractivity contribution >= 4 is 0 Å². The summed E-state index contributed by atoms with van der Waals surface area (Å²) < 4.78 is 12.2. The molecule has 1 rings (SSSR count). The third-order valence-corrected chi connectivity index (χ3v) is 2.44. The van der Waals surface area contributed by atoms with Crippen molar-refractivity contribution in [1.82, 2.24) is 9.55 Å². The highest BCUT2D eigenvalue weighted by Crippen LogP contribution is 2.09. The second kappa shape index (κ2) is 8.19. The Kier molecular flexibility index (Phi) is 6.80. The first kappa shape index (κ1) is 14.1. The van der Waals surface area contributed by atoms with Gasteiger partial charge in [0, 0.05) is 26.5 Å². The molecule has 17 heavy (non-hydrogen) atoms. The highest BCUT2D eigenvalue weighted by Gasteiger charge is 2.09. The molecule has 1 atom stereocenters. The number of aryl methyl sites for hydroxylation is 1. The van der Waals surface area contributed by atoms with Crippen molar-refractivity contribution in [2.45, 2.75) is 19.0 Å². The molecule has 0 bridgehead atoms. The number of methoxy groups -OCH3 is 1. The molecule has 0 aromatic carbocycles. The number of aliphatic hydroxyl groups excluding tert-OH is 1.